The maximum atomic E-state index is 5.62. The second-order valence-electron chi connectivity index (χ2n) is 4.24. The van der Waals surface area contributed by atoms with Gasteiger partial charge in [0.05, 0.1) is 6.61 Å². The lowest BCUT2D eigenvalue weighted by Gasteiger charge is -2.10. The van der Waals surface area contributed by atoms with Gasteiger partial charge < -0.3 is 10.1 Å². The summed E-state index contributed by atoms with van der Waals surface area (Å²) in [7, 11) is 1.99. The van der Waals surface area contributed by atoms with Crippen LogP contribution >= 0.6 is 0 Å². The molecule has 0 aliphatic carbocycles. The molecule has 1 rings (SSSR count). The summed E-state index contributed by atoms with van der Waals surface area (Å²) in [5.41, 5.74) is 1.35. The van der Waals surface area contributed by atoms with Crippen LogP contribution in [0.5, 0.6) is 5.75 Å². The van der Waals surface area contributed by atoms with Gasteiger partial charge in [-0.3, -0.25) is 0 Å². The minimum atomic E-state index is 0.520. The van der Waals surface area contributed by atoms with Gasteiger partial charge in [-0.05, 0) is 44.5 Å². The molecule has 16 heavy (non-hydrogen) atoms. The molecule has 0 saturated carbocycles. The molecular weight excluding hydrogens is 198 g/mol. The van der Waals surface area contributed by atoms with E-state index in [1.807, 2.05) is 7.05 Å². The number of rotatable bonds is 7. The van der Waals surface area contributed by atoms with Gasteiger partial charge in [-0.2, -0.15) is 0 Å². The third kappa shape index (κ3) is 4.67. The first kappa shape index (κ1) is 13.0. The van der Waals surface area contributed by atoms with Crippen molar-refractivity contribution in [1.29, 1.82) is 0 Å². The summed E-state index contributed by atoms with van der Waals surface area (Å²) in [6.07, 6.45) is 3.36. The molecule has 0 aliphatic heterocycles. The van der Waals surface area contributed by atoms with Crippen LogP contribution in [-0.4, -0.2) is 19.7 Å². The largest absolute Gasteiger partial charge is 0.494 e. The van der Waals surface area contributed by atoms with E-state index in [2.05, 4.69) is 43.4 Å². The molecule has 90 valence electrons. The van der Waals surface area contributed by atoms with E-state index < -0.39 is 0 Å². The first-order chi connectivity index (χ1) is 7.76. The van der Waals surface area contributed by atoms with Crippen molar-refractivity contribution in [2.24, 2.45) is 0 Å². The lowest BCUT2D eigenvalue weighted by molar-refractivity contribution is 0.309. The number of unbranched alkanes of at least 4 members (excludes halogenated alkanes) is 1. The second kappa shape index (κ2) is 7.29. The van der Waals surface area contributed by atoms with Gasteiger partial charge in [0, 0.05) is 6.04 Å². The van der Waals surface area contributed by atoms with E-state index in [0.29, 0.717) is 6.04 Å². The number of hydrogen-bond acceptors (Lipinski definition) is 2. The summed E-state index contributed by atoms with van der Waals surface area (Å²) >= 11 is 0. The molecule has 1 atom stereocenters. The summed E-state index contributed by atoms with van der Waals surface area (Å²) in [4.78, 5) is 0. The Balaban J connectivity index is 2.41. The molecule has 0 fully saturated rings. The highest BCUT2D eigenvalue weighted by Crippen LogP contribution is 2.13. The Labute approximate surface area is 99.0 Å². The monoisotopic (exact) mass is 221 g/mol. The molecule has 0 radical (unpaired) electrons. The van der Waals surface area contributed by atoms with E-state index in [-0.39, 0.29) is 0 Å². The van der Waals surface area contributed by atoms with Crippen molar-refractivity contribution in [2.45, 2.75) is 39.2 Å². The smallest absolute Gasteiger partial charge is 0.119 e. The summed E-state index contributed by atoms with van der Waals surface area (Å²) in [6.45, 7) is 5.18. The molecule has 0 aromatic heterocycles. The summed E-state index contributed by atoms with van der Waals surface area (Å²) in [6, 6.07) is 8.94. The summed E-state index contributed by atoms with van der Waals surface area (Å²) in [5, 5.41) is 3.24. The van der Waals surface area contributed by atoms with Crippen LogP contribution in [0.3, 0.4) is 0 Å². The maximum Gasteiger partial charge on any atom is 0.119 e. The zero-order chi connectivity index (χ0) is 11.8. The number of likely N-dealkylation sites (N-methyl/N-ethyl adjacent to an activating group) is 1. The molecule has 0 aliphatic rings. The first-order valence-corrected chi connectivity index (χ1v) is 6.15. The number of ether oxygens (including phenoxy) is 1. The van der Waals surface area contributed by atoms with Crippen molar-refractivity contribution >= 4 is 0 Å². The van der Waals surface area contributed by atoms with E-state index in [1.165, 1.54) is 12.0 Å². The van der Waals surface area contributed by atoms with Crippen LogP contribution in [-0.2, 0) is 6.42 Å². The van der Waals surface area contributed by atoms with E-state index >= 15 is 0 Å². The Kier molecular flexibility index (Phi) is 5.94. The Morgan fingerprint density at radius 2 is 1.94 bits per heavy atom. The van der Waals surface area contributed by atoms with Gasteiger partial charge in [-0.1, -0.05) is 25.5 Å². The average molecular weight is 221 g/mol. The zero-order valence-electron chi connectivity index (χ0n) is 10.6. The van der Waals surface area contributed by atoms with E-state index in [1.54, 1.807) is 0 Å². The van der Waals surface area contributed by atoms with Gasteiger partial charge in [-0.25, -0.2) is 0 Å². The molecule has 2 nitrogen and oxygen atoms in total. The highest BCUT2D eigenvalue weighted by Gasteiger charge is 2.00. The lowest BCUT2D eigenvalue weighted by atomic mass is 10.1. The average Bonchev–Trinajstić information content (AvgIpc) is 2.31. The standard InChI is InChI=1S/C14H23NO/c1-4-5-10-16-14-8-6-13(7-9-14)11-12(2)15-3/h6-9,12,15H,4-5,10-11H2,1-3H3/t12-/m1/s1. The molecule has 2 heteroatoms. The Morgan fingerprint density at radius 3 is 2.50 bits per heavy atom. The van der Waals surface area contributed by atoms with Gasteiger partial charge in [0.25, 0.3) is 0 Å². The molecule has 0 bridgehead atoms. The van der Waals surface area contributed by atoms with Crippen LogP contribution in [0.25, 0.3) is 0 Å². The van der Waals surface area contributed by atoms with Crippen LogP contribution in [0.2, 0.25) is 0 Å². The van der Waals surface area contributed by atoms with E-state index in [4.69, 9.17) is 4.74 Å². The van der Waals surface area contributed by atoms with Crippen LogP contribution in [0.4, 0.5) is 0 Å². The molecule has 1 aromatic carbocycles. The third-order valence-corrected chi connectivity index (χ3v) is 2.72. The number of hydrogen-bond donors (Lipinski definition) is 1. The Hall–Kier alpha value is -1.02. The molecular formula is C14H23NO. The molecule has 0 saturated heterocycles. The fourth-order valence-electron chi connectivity index (χ4n) is 1.51. The SMILES string of the molecule is CCCCOc1ccc(C[C@@H](C)NC)cc1. The molecule has 0 heterocycles. The van der Waals surface area contributed by atoms with Crippen molar-refractivity contribution in [1.82, 2.24) is 5.32 Å². The van der Waals surface area contributed by atoms with Gasteiger partial charge in [-0.15, -0.1) is 0 Å². The third-order valence-electron chi connectivity index (χ3n) is 2.72. The lowest BCUT2D eigenvalue weighted by Crippen LogP contribution is -2.23. The van der Waals surface area contributed by atoms with E-state index in [0.717, 1.165) is 25.2 Å². The van der Waals surface area contributed by atoms with Gasteiger partial charge >= 0.3 is 0 Å². The predicted molar refractivity (Wildman–Crippen MR) is 69.1 cm³/mol. The molecule has 1 N–H and O–H groups in total. The van der Waals surface area contributed by atoms with Crippen LogP contribution in [0.15, 0.2) is 24.3 Å². The van der Waals surface area contributed by atoms with Gasteiger partial charge in [0.2, 0.25) is 0 Å². The maximum absolute atomic E-state index is 5.62. The van der Waals surface area contributed by atoms with Crippen molar-refractivity contribution in [3.63, 3.8) is 0 Å². The topological polar surface area (TPSA) is 21.3 Å². The highest BCUT2D eigenvalue weighted by molar-refractivity contribution is 5.27. The van der Waals surface area contributed by atoms with Crippen molar-refractivity contribution < 1.29 is 4.74 Å². The Bertz CT molecular complexity index is 281. The summed E-state index contributed by atoms with van der Waals surface area (Å²) < 4.78 is 5.62. The second-order valence-corrected chi connectivity index (χ2v) is 4.24. The van der Waals surface area contributed by atoms with Gasteiger partial charge in [0.15, 0.2) is 0 Å². The highest BCUT2D eigenvalue weighted by atomic mass is 16.5. The Morgan fingerprint density at radius 1 is 1.25 bits per heavy atom. The fraction of sp³-hybridized carbons (Fsp3) is 0.571. The van der Waals surface area contributed by atoms with E-state index in [9.17, 15) is 0 Å². The number of benzene rings is 1. The van der Waals surface area contributed by atoms with Crippen molar-refractivity contribution in [3.8, 4) is 5.75 Å². The van der Waals surface area contributed by atoms with Gasteiger partial charge in [0.1, 0.15) is 5.75 Å². The molecule has 0 amide bonds. The van der Waals surface area contributed by atoms with Crippen LogP contribution < -0.4 is 10.1 Å². The summed E-state index contributed by atoms with van der Waals surface area (Å²) in [5.74, 6) is 0.981. The number of nitrogens with one attached hydrogen (secondary N) is 1. The minimum absolute atomic E-state index is 0.520. The minimum Gasteiger partial charge on any atom is -0.494 e. The fourth-order valence-corrected chi connectivity index (χ4v) is 1.51. The molecule has 1 aromatic rings. The van der Waals surface area contributed by atoms with Crippen molar-refractivity contribution in [3.05, 3.63) is 29.8 Å². The quantitative estimate of drug-likeness (QED) is 0.715. The molecule has 0 unspecified atom stereocenters. The van der Waals surface area contributed by atoms with Crippen molar-refractivity contribution in [2.75, 3.05) is 13.7 Å². The van der Waals surface area contributed by atoms with Crippen LogP contribution in [0.1, 0.15) is 32.3 Å². The predicted octanol–water partition coefficient (Wildman–Crippen LogP) is 3.02. The van der Waals surface area contributed by atoms with Crippen LogP contribution in [0, 0.1) is 0 Å². The normalized spacial score (nSPS) is 12.4. The first-order valence-electron chi connectivity index (χ1n) is 6.15. The molecule has 0 spiro atoms. The zero-order valence-corrected chi connectivity index (χ0v) is 10.6.